The third-order valence-electron chi connectivity index (χ3n) is 4.23. The van der Waals surface area contributed by atoms with Gasteiger partial charge in [-0.05, 0) is 51.0 Å². The first-order valence-corrected chi connectivity index (χ1v) is 7.98. The van der Waals surface area contributed by atoms with E-state index in [9.17, 15) is 0 Å². The molecule has 1 saturated heterocycles. The van der Waals surface area contributed by atoms with Crippen molar-refractivity contribution >= 4 is 0 Å². The predicted octanol–water partition coefficient (Wildman–Crippen LogP) is 3.72. The first-order chi connectivity index (χ1) is 10.4. The van der Waals surface area contributed by atoms with Gasteiger partial charge in [0.25, 0.3) is 0 Å². The Kier molecular flexibility index (Phi) is 4.65. The molecular weight excluding hydrogens is 262 g/mol. The van der Waals surface area contributed by atoms with Gasteiger partial charge in [0.2, 0.25) is 11.8 Å². The van der Waals surface area contributed by atoms with E-state index in [1.165, 1.54) is 19.4 Å². The SMILES string of the molecule is CCCCN1CCC(c2nnc(-c3ccccc3)o2)CC1. The molecule has 0 N–H and O–H groups in total. The molecule has 1 aromatic heterocycles. The number of hydrogen-bond donors (Lipinski definition) is 0. The molecule has 3 rings (SSSR count). The fourth-order valence-electron chi connectivity index (χ4n) is 2.88. The van der Waals surface area contributed by atoms with E-state index in [2.05, 4.69) is 22.0 Å². The Bertz CT molecular complexity index is 544. The van der Waals surface area contributed by atoms with Crippen molar-refractivity contribution in [2.75, 3.05) is 19.6 Å². The maximum Gasteiger partial charge on any atom is 0.247 e. The third kappa shape index (κ3) is 3.50. The van der Waals surface area contributed by atoms with Gasteiger partial charge in [0.15, 0.2) is 0 Å². The van der Waals surface area contributed by atoms with Gasteiger partial charge in [0.1, 0.15) is 0 Å². The molecule has 0 atom stereocenters. The van der Waals surface area contributed by atoms with Crippen LogP contribution in [0.4, 0.5) is 0 Å². The zero-order valence-corrected chi connectivity index (χ0v) is 12.7. The summed E-state index contributed by atoms with van der Waals surface area (Å²) in [5, 5.41) is 8.47. The predicted molar refractivity (Wildman–Crippen MR) is 83.1 cm³/mol. The van der Waals surface area contributed by atoms with E-state index in [0.717, 1.165) is 37.4 Å². The van der Waals surface area contributed by atoms with Crippen LogP contribution in [0.1, 0.15) is 44.4 Å². The summed E-state index contributed by atoms with van der Waals surface area (Å²) in [6.07, 6.45) is 4.81. The Morgan fingerprint density at radius 2 is 1.90 bits per heavy atom. The maximum atomic E-state index is 5.88. The van der Waals surface area contributed by atoms with Crippen LogP contribution in [-0.2, 0) is 0 Å². The van der Waals surface area contributed by atoms with Crippen LogP contribution in [-0.4, -0.2) is 34.7 Å². The van der Waals surface area contributed by atoms with Crippen molar-refractivity contribution in [3.8, 4) is 11.5 Å². The second kappa shape index (κ2) is 6.85. The molecular formula is C17H23N3O. The Morgan fingerprint density at radius 1 is 1.14 bits per heavy atom. The van der Waals surface area contributed by atoms with Gasteiger partial charge in [-0.2, -0.15) is 0 Å². The smallest absolute Gasteiger partial charge is 0.247 e. The summed E-state index contributed by atoms with van der Waals surface area (Å²) in [6, 6.07) is 9.99. The highest BCUT2D eigenvalue weighted by molar-refractivity contribution is 5.51. The Morgan fingerprint density at radius 3 is 2.62 bits per heavy atom. The van der Waals surface area contributed by atoms with Crippen LogP contribution in [0.2, 0.25) is 0 Å². The van der Waals surface area contributed by atoms with E-state index in [0.29, 0.717) is 11.8 Å². The fraction of sp³-hybridized carbons (Fsp3) is 0.529. The summed E-state index contributed by atoms with van der Waals surface area (Å²) < 4.78 is 5.88. The highest BCUT2D eigenvalue weighted by atomic mass is 16.4. The van der Waals surface area contributed by atoms with Gasteiger partial charge >= 0.3 is 0 Å². The molecule has 112 valence electrons. The van der Waals surface area contributed by atoms with Crippen molar-refractivity contribution in [3.63, 3.8) is 0 Å². The molecule has 4 heteroatoms. The van der Waals surface area contributed by atoms with E-state index in [-0.39, 0.29) is 0 Å². The van der Waals surface area contributed by atoms with Gasteiger partial charge in [0.05, 0.1) is 0 Å². The van der Waals surface area contributed by atoms with Crippen LogP contribution in [0.3, 0.4) is 0 Å². The summed E-state index contributed by atoms with van der Waals surface area (Å²) in [4.78, 5) is 2.55. The molecule has 0 aliphatic carbocycles. The molecule has 1 aliphatic rings. The number of hydrogen-bond acceptors (Lipinski definition) is 4. The summed E-state index contributed by atoms with van der Waals surface area (Å²) in [5.41, 5.74) is 0.997. The fourth-order valence-corrected chi connectivity index (χ4v) is 2.88. The highest BCUT2D eigenvalue weighted by Crippen LogP contribution is 2.29. The average Bonchev–Trinajstić information content (AvgIpc) is 3.04. The zero-order valence-electron chi connectivity index (χ0n) is 12.7. The second-order valence-electron chi connectivity index (χ2n) is 5.78. The van der Waals surface area contributed by atoms with Gasteiger partial charge in [-0.1, -0.05) is 31.5 Å². The largest absolute Gasteiger partial charge is 0.420 e. The van der Waals surface area contributed by atoms with Crippen molar-refractivity contribution in [2.45, 2.75) is 38.5 Å². The average molecular weight is 285 g/mol. The van der Waals surface area contributed by atoms with Crippen molar-refractivity contribution in [1.82, 2.24) is 15.1 Å². The molecule has 0 saturated carbocycles. The zero-order chi connectivity index (χ0) is 14.5. The topological polar surface area (TPSA) is 42.2 Å². The molecule has 0 unspecified atom stereocenters. The maximum absolute atomic E-state index is 5.88. The Balaban J connectivity index is 1.60. The van der Waals surface area contributed by atoms with Crippen molar-refractivity contribution in [3.05, 3.63) is 36.2 Å². The van der Waals surface area contributed by atoms with E-state index >= 15 is 0 Å². The summed E-state index contributed by atoms with van der Waals surface area (Å²) in [6.45, 7) is 5.76. The standard InChI is InChI=1S/C17H23N3O/c1-2-3-11-20-12-9-15(10-13-20)17-19-18-16(21-17)14-7-5-4-6-8-14/h4-8,15H,2-3,9-13H2,1H3. The summed E-state index contributed by atoms with van der Waals surface area (Å²) in [7, 11) is 0. The van der Waals surface area contributed by atoms with Crippen molar-refractivity contribution < 1.29 is 4.42 Å². The van der Waals surface area contributed by atoms with Crippen LogP contribution in [0.5, 0.6) is 0 Å². The molecule has 0 radical (unpaired) electrons. The van der Waals surface area contributed by atoms with Crippen LogP contribution in [0.15, 0.2) is 34.7 Å². The second-order valence-corrected chi connectivity index (χ2v) is 5.78. The highest BCUT2D eigenvalue weighted by Gasteiger charge is 2.24. The normalized spacial score (nSPS) is 17.2. The monoisotopic (exact) mass is 285 g/mol. The van der Waals surface area contributed by atoms with Crippen LogP contribution in [0, 0.1) is 0 Å². The molecule has 2 heterocycles. The molecule has 0 amide bonds. The minimum absolute atomic E-state index is 0.424. The van der Waals surface area contributed by atoms with E-state index in [1.807, 2.05) is 30.3 Å². The van der Waals surface area contributed by atoms with Crippen LogP contribution in [0.25, 0.3) is 11.5 Å². The van der Waals surface area contributed by atoms with Crippen LogP contribution >= 0.6 is 0 Å². The third-order valence-corrected chi connectivity index (χ3v) is 4.23. The number of likely N-dealkylation sites (tertiary alicyclic amines) is 1. The molecule has 2 aromatic rings. The number of nitrogens with zero attached hydrogens (tertiary/aromatic N) is 3. The van der Waals surface area contributed by atoms with Crippen LogP contribution < -0.4 is 0 Å². The van der Waals surface area contributed by atoms with Gasteiger partial charge in [-0.25, -0.2) is 0 Å². The lowest BCUT2D eigenvalue weighted by molar-refractivity contribution is 0.198. The lowest BCUT2D eigenvalue weighted by atomic mass is 9.97. The van der Waals surface area contributed by atoms with Gasteiger partial charge in [-0.15, -0.1) is 10.2 Å². The van der Waals surface area contributed by atoms with Crippen molar-refractivity contribution in [2.24, 2.45) is 0 Å². The number of piperidine rings is 1. The summed E-state index contributed by atoms with van der Waals surface area (Å²) in [5.74, 6) is 1.87. The molecule has 1 aromatic carbocycles. The minimum Gasteiger partial charge on any atom is -0.420 e. The number of benzene rings is 1. The van der Waals surface area contributed by atoms with E-state index in [4.69, 9.17) is 4.42 Å². The number of unbranched alkanes of at least 4 members (excludes halogenated alkanes) is 1. The van der Waals surface area contributed by atoms with Crippen molar-refractivity contribution in [1.29, 1.82) is 0 Å². The van der Waals surface area contributed by atoms with E-state index in [1.54, 1.807) is 0 Å². The number of aromatic nitrogens is 2. The van der Waals surface area contributed by atoms with E-state index < -0.39 is 0 Å². The molecule has 21 heavy (non-hydrogen) atoms. The van der Waals surface area contributed by atoms with Gasteiger partial charge in [-0.3, -0.25) is 0 Å². The van der Waals surface area contributed by atoms with Gasteiger partial charge < -0.3 is 9.32 Å². The molecule has 4 nitrogen and oxygen atoms in total. The Labute approximate surface area is 126 Å². The molecule has 0 spiro atoms. The molecule has 1 fully saturated rings. The molecule has 0 bridgehead atoms. The Hall–Kier alpha value is -1.68. The lowest BCUT2D eigenvalue weighted by Gasteiger charge is -2.30. The minimum atomic E-state index is 0.424. The molecule has 1 aliphatic heterocycles. The lowest BCUT2D eigenvalue weighted by Crippen LogP contribution is -2.33. The first-order valence-electron chi connectivity index (χ1n) is 7.98. The number of rotatable bonds is 5. The first kappa shape index (κ1) is 14.3. The quantitative estimate of drug-likeness (QED) is 0.839. The van der Waals surface area contributed by atoms with Gasteiger partial charge in [0, 0.05) is 11.5 Å². The summed E-state index contributed by atoms with van der Waals surface area (Å²) >= 11 is 0.